The van der Waals surface area contributed by atoms with Gasteiger partial charge in [0.25, 0.3) is 0 Å². The molecule has 0 bridgehead atoms. The molecule has 0 amide bonds. The molecule has 0 aromatic rings. The zero-order valence-corrected chi connectivity index (χ0v) is 23.0. The van der Waals surface area contributed by atoms with Crippen molar-refractivity contribution in [2.24, 2.45) is 46.3 Å². The summed E-state index contributed by atoms with van der Waals surface area (Å²) in [4.78, 5) is 22.9. The summed E-state index contributed by atoms with van der Waals surface area (Å²) in [7, 11) is 0. The molecule has 3 fully saturated rings. The molecule has 4 nitrogen and oxygen atoms in total. The van der Waals surface area contributed by atoms with Crippen molar-refractivity contribution in [3.8, 4) is 0 Å². The van der Waals surface area contributed by atoms with Crippen molar-refractivity contribution in [2.45, 2.75) is 124 Å². The number of rotatable bonds is 9. The van der Waals surface area contributed by atoms with E-state index in [-0.39, 0.29) is 30.3 Å². The summed E-state index contributed by atoms with van der Waals surface area (Å²) < 4.78 is 5.71. The fraction of sp³-hybridized carbons (Fsp3) is 0.871. The highest BCUT2D eigenvalue weighted by molar-refractivity contribution is 5.76. The number of fused-ring (bicyclic) bond motifs is 5. The second-order valence-electron chi connectivity index (χ2n) is 13.5. The first-order valence-electron chi connectivity index (χ1n) is 14.7. The Bertz CT molecular complexity index is 815. The minimum atomic E-state index is -0.942. The second-order valence-corrected chi connectivity index (χ2v) is 13.5. The lowest BCUT2D eigenvalue weighted by molar-refractivity contribution is -0.154. The first-order chi connectivity index (χ1) is 16.5. The van der Waals surface area contributed by atoms with E-state index in [2.05, 4.69) is 40.7 Å². The smallest absolute Gasteiger partial charge is 0.306 e. The molecule has 4 heteroatoms. The lowest BCUT2D eigenvalue weighted by Gasteiger charge is -2.61. The number of esters is 1. The van der Waals surface area contributed by atoms with Crippen molar-refractivity contribution < 1.29 is 19.4 Å². The molecule has 0 spiro atoms. The third-order valence-corrected chi connectivity index (χ3v) is 11.0. The number of carbonyl (C=O) groups is 2. The number of allylic oxidation sites excluding steroid dienone is 1. The number of carboxylic acid groups (broad SMARTS) is 1. The summed E-state index contributed by atoms with van der Waals surface area (Å²) >= 11 is 0. The SMILES string of the molecule is CC(C)CCCC(C)C1CCC2C1CCC1C3(C)CCC(OC(=O)CCC(=O)O)CC3=CCC21C. The maximum atomic E-state index is 12.1. The van der Waals surface area contributed by atoms with Gasteiger partial charge in [0.05, 0.1) is 12.8 Å². The summed E-state index contributed by atoms with van der Waals surface area (Å²) in [6.07, 6.45) is 16.1. The van der Waals surface area contributed by atoms with Crippen LogP contribution in [0.3, 0.4) is 0 Å². The van der Waals surface area contributed by atoms with Crippen LogP contribution < -0.4 is 0 Å². The molecule has 8 atom stereocenters. The van der Waals surface area contributed by atoms with E-state index < -0.39 is 5.97 Å². The van der Waals surface area contributed by atoms with Crippen LogP contribution in [0, 0.1) is 46.3 Å². The fourth-order valence-corrected chi connectivity index (χ4v) is 9.20. The maximum absolute atomic E-state index is 12.1. The van der Waals surface area contributed by atoms with Gasteiger partial charge >= 0.3 is 11.9 Å². The van der Waals surface area contributed by atoms with Gasteiger partial charge < -0.3 is 9.84 Å². The van der Waals surface area contributed by atoms with Crippen LogP contribution >= 0.6 is 0 Å². The number of ether oxygens (including phenoxy) is 1. The molecule has 35 heavy (non-hydrogen) atoms. The lowest BCUT2D eigenvalue weighted by Crippen LogP contribution is -2.53. The fourth-order valence-electron chi connectivity index (χ4n) is 9.20. The van der Waals surface area contributed by atoms with Crippen LogP contribution in [0.25, 0.3) is 0 Å². The highest BCUT2D eigenvalue weighted by Crippen LogP contribution is 2.68. The molecule has 1 N–H and O–H groups in total. The van der Waals surface area contributed by atoms with E-state index in [0.717, 1.165) is 54.8 Å². The molecule has 8 unspecified atom stereocenters. The molecular formula is C31H50O4. The van der Waals surface area contributed by atoms with E-state index >= 15 is 0 Å². The monoisotopic (exact) mass is 486 g/mol. The number of aliphatic carboxylic acids is 1. The first-order valence-corrected chi connectivity index (χ1v) is 14.7. The Morgan fingerprint density at radius 3 is 2.54 bits per heavy atom. The predicted molar refractivity (Wildman–Crippen MR) is 140 cm³/mol. The van der Waals surface area contributed by atoms with Crippen LogP contribution in [0.2, 0.25) is 0 Å². The summed E-state index contributed by atoms with van der Waals surface area (Å²) in [5, 5.41) is 8.84. The zero-order valence-electron chi connectivity index (χ0n) is 23.0. The van der Waals surface area contributed by atoms with Gasteiger partial charge in [-0.2, -0.15) is 0 Å². The number of hydrogen-bond donors (Lipinski definition) is 1. The van der Waals surface area contributed by atoms with E-state index in [1.807, 2.05) is 0 Å². The number of carbonyl (C=O) groups excluding carboxylic acids is 1. The summed E-state index contributed by atoms with van der Waals surface area (Å²) in [6, 6.07) is 0. The maximum Gasteiger partial charge on any atom is 0.306 e. The van der Waals surface area contributed by atoms with E-state index in [4.69, 9.17) is 9.84 Å². The topological polar surface area (TPSA) is 63.6 Å². The van der Waals surface area contributed by atoms with E-state index in [9.17, 15) is 9.59 Å². The number of carboxylic acids is 1. The molecule has 3 saturated carbocycles. The van der Waals surface area contributed by atoms with E-state index in [1.54, 1.807) is 0 Å². The van der Waals surface area contributed by atoms with Crippen LogP contribution in [0.15, 0.2) is 11.6 Å². The molecule has 0 aromatic carbocycles. The molecule has 0 radical (unpaired) electrons. The Labute approximate surface area is 213 Å². The number of hydrogen-bond acceptors (Lipinski definition) is 3. The second kappa shape index (κ2) is 10.6. The minimum absolute atomic E-state index is 0.0248. The summed E-state index contributed by atoms with van der Waals surface area (Å²) in [5.74, 6) is 3.81. The van der Waals surface area contributed by atoms with E-state index in [1.165, 1.54) is 56.9 Å². The molecule has 4 aliphatic carbocycles. The Kier molecular flexibility index (Phi) is 8.08. The van der Waals surface area contributed by atoms with Gasteiger partial charge in [-0.3, -0.25) is 9.59 Å². The van der Waals surface area contributed by atoms with Crippen molar-refractivity contribution in [3.63, 3.8) is 0 Å². The van der Waals surface area contributed by atoms with Crippen molar-refractivity contribution in [2.75, 3.05) is 0 Å². The third-order valence-electron chi connectivity index (χ3n) is 11.0. The van der Waals surface area contributed by atoms with Crippen molar-refractivity contribution >= 4 is 11.9 Å². The van der Waals surface area contributed by atoms with Crippen LogP contribution in [-0.2, 0) is 14.3 Å². The molecule has 4 aliphatic rings. The quantitative estimate of drug-likeness (QED) is 0.267. The summed E-state index contributed by atoms with van der Waals surface area (Å²) in [6.45, 7) is 12.4. The van der Waals surface area contributed by atoms with Gasteiger partial charge in [0, 0.05) is 6.42 Å². The Morgan fingerprint density at radius 1 is 1.06 bits per heavy atom. The molecule has 0 aliphatic heterocycles. The highest BCUT2D eigenvalue weighted by Gasteiger charge is 2.60. The van der Waals surface area contributed by atoms with Crippen LogP contribution in [-0.4, -0.2) is 23.1 Å². The molecule has 198 valence electrons. The average Bonchev–Trinajstić information content (AvgIpc) is 3.23. The zero-order chi connectivity index (χ0) is 25.4. The molecule has 0 heterocycles. The van der Waals surface area contributed by atoms with Crippen molar-refractivity contribution in [1.82, 2.24) is 0 Å². The Hall–Kier alpha value is -1.32. The Morgan fingerprint density at radius 2 is 1.83 bits per heavy atom. The lowest BCUT2D eigenvalue weighted by atomic mass is 9.44. The summed E-state index contributed by atoms with van der Waals surface area (Å²) in [5.41, 5.74) is 2.14. The molecule has 0 saturated heterocycles. The van der Waals surface area contributed by atoms with Gasteiger partial charge in [-0.15, -0.1) is 0 Å². The highest BCUT2D eigenvalue weighted by atomic mass is 16.5. The van der Waals surface area contributed by atoms with E-state index in [0.29, 0.717) is 5.41 Å². The van der Waals surface area contributed by atoms with Gasteiger partial charge in [-0.1, -0.05) is 65.5 Å². The van der Waals surface area contributed by atoms with Crippen LogP contribution in [0.4, 0.5) is 0 Å². The average molecular weight is 487 g/mol. The van der Waals surface area contributed by atoms with Crippen LogP contribution in [0.1, 0.15) is 118 Å². The minimum Gasteiger partial charge on any atom is -0.481 e. The van der Waals surface area contributed by atoms with Gasteiger partial charge in [-0.25, -0.2) is 0 Å². The van der Waals surface area contributed by atoms with Crippen molar-refractivity contribution in [1.29, 1.82) is 0 Å². The molecular weight excluding hydrogens is 436 g/mol. The van der Waals surface area contributed by atoms with Gasteiger partial charge in [0.2, 0.25) is 0 Å². The van der Waals surface area contributed by atoms with Crippen LogP contribution in [0.5, 0.6) is 0 Å². The van der Waals surface area contributed by atoms with Crippen molar-refractivity contribution in [3.05, 3.63) is 11.6 Å². The first kappa shape index (κ1) is 26.7. The standard InChI is InChI=1S/C31H50O4/c1-20(2)7-6-8-21(3)24-9-11-26-25(24)10-12-27-30(4)18-16-23(35-29(34)14-13-28(32)33)19-22(30)15-17-31(26,27)5/h15,20-21,23-27H,6-14,16-19H2,1-5H3,(H,32,33). The molecule has 0 aromatic heterocycles. The van der Waals surface area contributed by atoms with Gasteiger partial charge in [0.1, 0.15) is 6.10 Å². The van der Waals surface area contributed by atoms with Gasteiger partial charge in [-0.05, 0) is 91.3 Å². The third kappa shape index (κ3) is 5.37. The normalized spacial score (nSPS) is 39.3. The Balaban J connectivity index is 1.41. The largest absolute Gasteiger partial charge is 0.481 e. The molecule has 4 rings (SSSR count). The predicted octanol–water partition coefficient (Wildman–Crippen LogP) is 7.80. The van der Waals surface area contributed by atoms with Gasteiger partial charge in [0.15, 0.2) is 0 Å².